The molecular formula is C15H31NO5. The molecule has 0 spiro atoms. The zero-order chi connectivity index (χ0) is 16.1. The van der Waals surface area contributed by atoms with Crippen LogP contribution >= 0.6 is 0 Å². The van der Waals surface area contributed by atoms with Gasteiger partial charge in [-0.05, 0) is 34.2 Å². The molecule has 6 nitrogen and oxygen atoms in total. The van der Waals surface area contributed by atoms with E-state index in [4.69, 9.17) is 18.9 Å². The van der Waals surface area contributed by atoms with E-state index >= 15 is 0 Å². The molecule has 0 radical (unpaired) electrons. The van der Waals surface area contributed by atoms with Gasteiger partial charge in [-0.25, -0.2) is 0 Å². The van der Waals surface area contributed by atoms with Gasteiger partial charge in [0.2, 0.25) is 0 Å². The third kappa shape index (κ3) is 9.03. The number of methoxy groups -OCH3 is 1. The van der Waals surface area contributed by atoms with Crippen LogP contribution < -0.4 is 5.32 Å². The Morgan fingerprint density at radius 1 is 1.24 bits per heavy atom. The fourth-order valence-corrected chi connectivity index (χ4v) is 1.93. The molecule has 0 aliphatic carbocycles. The molecule has 0 aromatic rings. The first-order chi connectivity index (χ1) is 10.00. The van der Waals surface area contributed by atoms with Crippen molar-refractivity contribution in [1.82, 2.24) is 5.32 Å². The fraction of sp³-hybridized carbons (Fsp3) is 0.933. The van der Waals surface area contributed by atoms with E-state index in [-0.39, 0.29) is 12.1 Å². The van der Waals surface area contributed by atoms with Gasteiger partial charge in [0.15, 0.2) is 0 Å². The molecule has 0 aromatic heterocycles. The minimum absolute atomic E-state index is 0.0607. The maximum atomic E-state index is 11.9. The highest BCUT2D eigenvalue weighted by Crippen LogP contribution is 2.16. The number of hydrogen-bond acceptors (Lipinski definition) is 6. The first-order valence-corrected chi connectivity index (χ1v) is 7.54. The highest BCUT2D eigenvalue weighted by Gasteiger charge is 2.34. The summed E-state index contributed by atoms with van der Waals surface area (Å²) in [6.45, 7) is 8.38. The molecule has 0 amide bonds. The molecule has 21 heavy (non-hydrogen) atoms. The molecule has 0 aromatic carbocycles. The van der Waals surface area contributed by atoms with Crippen LogP contribution in [-0.4, -0.2) is 64.8 Å². The largest absolute Gasteiger partial charge is 0.465 e. The van der Waals surface area contributed by atoms with E-state index in [9.17, 15) is 4.79 Å². The van der Waals surface area contributed by atoms with Crippen LogP contribution in [0.25, 0.3) is 0 Å². The zero-order valence-corrected chi connectivity index (χ0v) is 14.1. The normalized spacial score (nSPS) is 15.5. The molecule has 2 unspecified atom stereocenters. The molecule has 126 valence electrons. The van der Waals surface area contributed by atoms with E-state index < -0.39 is 5.54 Å². The van der Waals surface area contributed by atoms with E-state index in [2.05, 4.69) is 5.32 Å². The molecule has 0 heterocycles. The highest BCUT2D eigenvalue weighted by atomic mass is 16.5. The van der Waals surface area contributed by atoms with Gasteiger partial charge in [0.25, 0.3) is 0 Å². The van der Waals surface area contributed by atoms with Crippen molar-refractivity contribution in [3.8, 4) is 0 Å². The van der Waals surface area contributed by atoms with Crippen LogP contribution in [-0.2, 0) is 23.7 Å². The molecule has 0 fully saturated rings. The van der Waals surface area contributed by atoms with Gasteiger partial charge in [-0.2, -0.15) is 0 Å². The summed E-state index contributed by atoms with van der Waals surface area (Å²) < 4.78 is 21.1. The number of ether oxygens (including phenoxy) is 4. The van der Waals surface area contributed by atoms with Gasteiger partial charge in [-0.1, -0.05) is 0 Å². The number of carbonyl (C=O) groups is 1. The van der Waals surface area contributed by atoms with Crippen LogP contribution in [0.5, 0.6) is 0 Å². The monoisotopic (exact) mass is 305 g/mol. The van der Waals surface area contributed by atoms with Gasteiger partial charge in [-0.15, -0.1) is 0 Å². The van der Waals surface area contributed by atoms with Gasteiger partial charge < -0.3 is 24.3 Å². The summed E-state index contributed by atoms with van der Waals surface area (Å²) >= 11 is 0. The lowest BCUT2D eigenvalue weighted by atomic mass is 9.95. The van der Waals surface area contributed by atoms with Crippen molar-refractivity contribution in [2.45, 2.75) is 45.3 Å². The Kier molecular flexibility index (Phi) is 11.5. The van der Waals surface area contributed by atoms with Crippen molar-refractivity contribution >= 4 is 5.97 Å². The van der Waals surface area contributed by atoms with Crippen molar-refractivity contribution in [1.29, 1.82) is 0 Å². The Morgan fingerprint density at radius 3 is 2.52 bits per heavy atom. The number of nitrogens with one attached hydrogen (secondary N) is 1. The Balaban J connectivity index is 3.89. The molecule has 6 heteroatoms. The number of carbonyl (C=O) groups excluding carboxylic acids is 1. The van der Waals surface area contributed by atoms with Gasteiger partial charge in [0.05, 0.1) is 25.9 Å². The summed E-state index contributed by atoms with van der Waals surface area (Å²) in [5.41, 5.74) is -0.727. The molecule has 0 rings (SSSR count). The number of likely N-dealkylation sites (N-methyl/N-ethyl adjacent to an activating group) is 1. The van der Waals surface area contributed by atoms with Crippen LogP contribution in [0.4, 0.5) is 0 Å². The zero-order valence-electron chi connectivity index (χ0n) is 14.1. The lowest BCUT2D eigenvalue weighted by Gasteiger charge is -2.29. The SMILES string of the molecule is CCOC(=O)C(C)(CC(C)OCCOCCCOC)NC. The van der Waals surface area contributed by atoms with Gasteiger partial charge in [-0.3, -0.25) is 4.79 Å². The van der Waals surface area contributed by atoms with Crippen molar-refractivity contribution in [3.63, 3.8) is 0 Å². The van der Waals surface area contributed by atoms with Crippen LogP contribution in [0.15, 0.2) is 0 Å². The molecule has 0 aliphatic heterocycles. The average Bonchev–Trinajstić information content (AvgIpc) is 2.46. The molecule has 1 N–H and O–H groups in total. The van der Waals surface area contributed by atoms with Crippen LogP contribution in [0, 0.1) is 0 Å². The third-order valence-corrected chi connectivity index (χ3v) is 3.24. The minimum atomic E-state index is -0.727. The third-order valence-electron chi connectivity index (χ3n) is 3.24. The summed E-state index contributed by atoms with van der Waals surface area (Å²) in [5.74, 6) is -0.251. The summed E-state index contributed by atoms with van der Waals surface area (Å²) in [6.07, 6.45) is 1.37. The quantitative estimate of drug-likeness (QED) is 0.409. The maximum absolute atomic E-state index is 11.9. The molecule has 0 saturated carbocycles. The summed E-state index contributed by atoms with van der Waals surface area (Å²) in [5, 5.41) is 3.02. The lowest BCUT2D eigenvalue weighted by Crippen LogP contribution is -2.50. The lowest BCUT2D eigenvalue weighted by molar-refractivity contribution is -0.152. The fourth-order valence-electron chi connectivity index (χ4n) is 1.93. The van der Waals surface area contributed by atoms with Gasteiger partial charge >= 0.3 is 5.97 Å². The van der Waals surface area contributed by atoms with E-state index in [0.29, 0.717) is 39.5 Å². The molecule has 2 atom stereocenters. The molecule has 0 saturated heterocycles. The van der Waals surface area contributed by atoms with Gasteiger partial charge in [0.1, 0.15) is 5.54 Å². The van der Waals surface area contributed by atoms with E-state index in [1.54, 1.807) is 21.1 Å². The Labute approximate surface area is 128 Å². The smallest absolute Gasteiger partial charge is 0.326 e. The maximum Gasteiger partial charge on any atom is 0.326 e. The predicted molar refractivity (Wildman–Crippen MR) is 81.4 cm³/mol. The number of esters is 1. The second-order valence-corrected chi connectivity index (χ2v) is 5.15. The number of hydrogen-bond donors (Lipinski definition) is 1. The van der Waals surface area contributed by atoms with Crippen LogP contribution in [0.3, 0.4) is 0 Å². The second kappa shape index (κ2) is 11.9. The highest BCUT2D eigenvalue weighted by molar-refractivity contribution is 5.80. The van der Waals surface area contributed by atoms with E-state index in [1.165, 1.54) is 0 Å². The Morgan fingerprint density at radius 2 is 1.95 bits per heavy atom. The van der Waals surface area contributed by atoms with Crippen molar-refractivity contribution < 1.29 is 23.7 Å². The molecule has 0 aliphatic rings. The summed E-state index contributed by atoms with van der Waals surface area (Å²) in [6, 6.07) is 0. The van der Waals surface area contributed by atoms with Gasteiger partial charge in [0, 0.05) is 26.7 Å². The van der Waals surface area contributed by atoms with Crippen molar-refractivity contribution in [3.05, 3.63) is 0 Å². The Bertz CT molecular complexity index is 275. The summed E-state index contributed by atoms with van der Waals surface area (Å²) in [7, 11) is 3.43. The minimum Gasteiger partial charge on any atom is -0.465 e. The topological polar surface area (TPSA) is 66.0 Å². The standard InChI is InChI=1S/C15H31NO5/c1-6-20-14(17)15(3,16-4)12-13(2)21-11-10-19-9-7-8-18-5/h13,16H,6-12H2,1-5H3. The predicted octanol–water partition coefficient (Wildman–Crippen LogP) is 1.38. The van der Waals surface area contributed by atoms with E-state index in [1.807, 2.05) is 13.8 Å². The first-order valence-electron chi connectivity index (χ1n) is 7.54. The molecule has 0 bridgehead atoms. The van der Waals surface area contributed by atoms with Crippen molar-refractivity contribution in [2.75, 3.05) is 47.2 Å². The average molecular weight is 305 g/mol. The van der Waals surface area contributed by atoms with Crippen LogP contribution in [0.2, 0.25) is 0 Å². The summed E-state index contributed by atoms with van der Waals surface area (Å²) in [4.78, 5) is 11.9. The number of rotatable bonds is 13. The molecular weight excluding hydrogens is 274 g/mol. The second-order valence-electron chi connectivity index (χ2n) is 5.15. The Hall–Kier alpha value is -0.690. The van der Waals surface area contributed by atoms with Crippen molar-refractivity contribution in [2.24, 2.45) is 0 Å². The van der Waals surface area contributed by atoms with E-state index in [0.717, 1.165) is 6.42 Å². The first kappa shape index (κ1) is 20.3. The van der Waals surface area contributed by atoms with Crippen LogP contribution in [0.1, 0.15) is 33.6 Å².